The molecule has 342 valence electrons. The molecule has 6 aliphatic rings. The van der Waals surface area contributed by atoms with Gasteiger partial charge in [0, 0.05) is 38.5 Å². The quantitative estimate of drug-likeness (QED) is 0.177. The van der Waals surface area contributed by atoms with Crippen LogP contribution in [0.3, 0.4) is 0 Å². The number of aliphatic hydroxyl groups is 5. The SMILES string of the molecule is C[C@@H]1O[C@@H](O[C@H]2[C@H](O)C[C@H](O[C@H]3[C@H](O)C[C@H](Oc4ccc(O)cc4)O[C@@H]3C)O[C@@H]2C)CC[C@@H]1O[C@H]1C[C@@H](O)[C@H](O[C@H]2C[C@@H](O)[C@H](O[C@H]3CC[C@H](O)[C@H](C)O3)[C@@H](C)O2)[C@@H](C)O1. The summed E-state index contributed by atoms with van der Waals surface area (Å²) >= 11 is 0. The predicted octanol–water partition coefficient (Wildman–Crippen LogP) is 2.09. The molecule has 6 aliphatic heterocycles. The lowest BCUT2D eigenvalue weighted by atomic mass is 9.99. The molecule has 0 amide bonds. The Balaban J connectivity index is 0.812. The number of aromatic hydroxyl groups is 1. The fraction of sp³-hybridized carbons (Fsp3) is 0.857. The fourth-order valence-corrected chi connectivity index (χ4v) is 9.03. The predicted molar refractivity (Wildman–Crippen MR) is 206 cm³/mol. The summed E-state index contributed by atoms with van der Waals surface area (Å²) in [5.74, 6) is 0.613. The maximum Gasteiger partial charge on any atom is 0.202 e. The Kier molecular flexibility index (Phi) is 15.7. The van der Waals surface area contributed by atoms with Crippen LogP contribution < -0.4 is 4.74 Å². The molecule has 0 bridgehead atoms. The third kappa shape index (κ3) is 11.5. The van der Waals surface area contributed by atoms with Gasteiger partial charge in [0.05, 0.1) is 73.2 Å². The van der Waals surface area contributed by atoms with E-state index in [2.05, 4.69) is 0 Å². The van der Waals surface area contributed by atoms with Crippen molar-refractivity contribution in [1.29, 1.82) is 0 Å². The van der Waals surface area contributed by atoms with Crippen LogP contribution in [0.25, 0.3) is 0 Å². The van der Waals surface area contributed by atoms with Crippen molar-refractivity contribution in [3.8, 4) is 11.5 Å². The first kappa shape index (κ1) is 46.2. The van der Waals surface area contributed by atoms with Crippen molar-refractivity contribution in [3.63, 3.8) is 0 Å². The second-order valence-corrected chi connectivity index (χ2v) is 17.2. The lowest BCUT2D eigenvalue weighted by molar-refractivity contribution is -0.342. The Bertz CT molecular complexity index is 1430. The normalized spacial score (nSPS) is 48.0. The number of benzene rings is 1. The molecule has 1 aromatic carbocycles. The van der Waals surface area contributed by atoms with Gasteiger partial charge < -0.3 is 87.5 Å². The summed E-state index contributed by atoms with van der Waals surface area (Å²) in [6.07, 6.45) is -11.8. The maximum absolute atomic E-state index is 11.2. The van der Waals surface area contributed by atoms with Gasteiger partial charge in [-0.25, -0.2) is 0 Å². The summed E-state index contributed by atoms with van der Waals surface area (Å²) in [6, 6.07) is 6.24. The third-order valence-corrected chi connectivity index (χ3v) is 12.4. The molecular formula is C42H66O18. The first-order chi connectivity index (χ1) is 28.6. The highest BCUT2D eigenvalue weighted by Gasteiger charge is 2.47. The summed E-state index contributed by atoms with van der Waals surface area (Å²) in [7, 11) is 0. The van der Waals surface area contributed by atoms with Crippen molar-refractivity contribution < 1.29 is 87.5 Å². The lowest BCUT2D eigenvalue weighted by Crippen LogP contribution is -2.56. The zero-order chi connectivity index (χ0) is 42.8. The first-order valence-corrected chi connectivity index (χ1v) is 21.7. The number of ether oxygens (including phenoxy) is 12. The van der Waals surface area contributed by atoms with Crippen LogP contribution in [0.2, 0.25) is 0 Å². The smallest absolute Gasteiger partial charge is 0.202 e. The van der Waals surface area contributed by atoms with Crippen LogP contribution in [0.15, 0.2) is 24.3 Å². The Morgan fingerprint density at radius 2 is 0.767 bits per heavy atom. The fourth-order valence-electron chi connectivity index (χ4n) is 9.03. The van der Waals surface area contributed by atoms with Crippen molar-refractivity contribution in [2.45, 2.75) is 228 Å². The number of hydrogen-bond acceptors (Lipinski definition) is 18. The molecular weight excluding hydrogens is 792 g/mol. The minimum absolute atomic E-state index is 0.111. The average molecular weight is 859 g/mol. The molecule has 18 nitrogen and oxygen atoms in total. The van der Waals surface area contributed by atoms with Crippen LogP contribution in [0.4, 0.5) is 0 Å². The van der Waals surface area contributed by atoms with Crippen LogP contribution in [0.5, 0.6) is 11.5 Å². The number of aliphatic hydroxyl groups excluding tert-OH is 5. The van der Waals surface area contributed by atoms with Gasteiger partial charge in [-0.05, 0) is 78.6 Å². The van der Waals surface area contributed by atoms with Crippen LogP contribution in [-0.4, -0.2) is 166 Å². The zero-order valence-corrected chi connectivity index (χ0v) is 35.3. The van der Waals surface area contributed by atoms with Crippen LogP contribution in [0, 0.1) is 0 Å². The van der Waals surface area contributed by atoms with Crippen molar-refractivity contribution in [1.82, 2.24) is 0 Å². The molecule has 22 atom stereocenters. The Hall–Kier alpha value is -1.82. The third-order valence-electron chi connectivity index (χ3n) is 12.4. The van der Waals surface area contributed by atoms with E-state index in [1.807, 2.05) is 6.92 Å². The Morgan fingerprint density at radius 3 is 1.20 bits per heavy atom. The van der Waals surface area contributed by atoms with E-state index >= 15 is 0 Å². The van der Waals surface area contributed by atoms with E-state index in [0.29, 0.717) is 31.4 Å². The summed E-state index contributed by atoms with van der Waals surface area (Å²) in [4.78, 5) is 0. The number of phenolic OH excluding ortho intramolecular Hbond substituents is 1. The summed E-state index contributed by atoms with van der Waals surface area (Å²) in [5.41, 5.74) is 0. The molecule has 1 aromatic rings. The molecule has 6 fully saturated rings. The van der Waals surface area contributed by atoms with Crippen molar-refractivity contribution >= 4 is 0 Å². The zero-order valence-electron chi connectivity index (χ0n) is 35.3. The van der Waals surface area contributed by atoms with Gasteiger partial charge in [-0.2, -0.15) is 0 Å². The van der Waals surface area contributed by atoms with Gasteiger partial charge in [0.1, 0.15) is 35.9 Å². The van der Waals surface area contributed by atoms with Crippen molar-refractivity contribution in [3.05, 3.63) is 24.3 Å². The van der Waals surface area contributed by atoms with Crippen molar-refractivity contribution in [2.75, 3.05) is 0 Å². The highest BCUT2D eigenvalue weighted by molar-refractivity contribution is 5.30. The molecule has 7 rings (SSSR count). The van der Waals surface area contributed by atoms with Crippen LogP contribution in [-0.2, 0) is 52.1 Å². The number of hydrogen-bond donors (Lipinski definition) is 6. The minimum atomic E-state index is -0.931. The maximum atomic E-state index is 11.2. The molecule has 6 heterocycles. The van der Waals surface area contributed by atoms with Gasteiger partial charge in [0.15, 0.2) is 31.5 Å². The molecule has 60 heavy (non-hydrogen) atoms. The monoisotopic (exact) mass is 858 g/mol. The summed E-state index contributed by atoms with van der Waals surface area (Å²) < 4.78 is 73.0. The molecule has 0 unspecified atom stereocenters. The van der Waals surface area contributed by atoms with Gasteiger partial charge >= 0.3 is 0 Å². The second-order valence-electron chi connectivity index (χ2n) is 17.2. The molecule has 6 N–H and O–H groups in total. The Labute approximate surface area is 351 Å². The second kappa shape index (κ2) is 20.3. The highest BCUT2D eigenvalue weighted by Crippen LogP contribution is 2.36. The first-order valence-electron chi connectivity index (χ1n) is 21.7. The number of phenols is 1. The average Bonchev–Trinajstić information content (AvgIpc) is 3.18. The summed E-state index contributed by atoms with van der Waals surface area (Å²) in [6.45, 7) is 10.8. The van der Waals surface area contributed by atoms with Gasteiger partial charge in [0.25, 0.3) is 0 Å². The van der Waals surface area contributed by atoms with Gasteiger partial charge in [-0.15, -0.1) is 0 Å². The van der Waals surface area contributed by atoms with Gasteiger partial charge in [-0.1, -0.05) is 0 Å². The molecule has 6 saturated heterocycles. The van der Waals surface area contributed by atoms with Gasteiger partial charge in [0.2, 0.25) is 6.29 Å². The molecule has 0 radical (unpaired) electrons. The molecule has 0 aromatic heterocycles. The number of rotatable bonds is 12. The van der Waals surface area contributed by atoms with E-state index in [1.54, 1.807) is 46.8 Å². The van der Waals surface area contributed by atoms with E-state index in [-0.39, 0.29) is 49.7 Å². The van der Waals surface area contributed by atoms with E-state index in [0.717, 1.165) is 0 Å². The largest absolute Gasteiger partial charge is 0.508 e. The van der Waals surface area contributed by atoms with Crippen molar-refractivity contribution in [2.24, 2.45) is 0 Å². The topological polar surface area (TPSA) is 232 Å². The molecule has 0 aliphatic carbocycles. The van der Waals surface area contributed by atoms with E-state index < -0.39 is 117 Å². The Morgan fingerprint density at radius 1 is 0.400 bits per heavy atom. The van der Waals surface area contributed by atoms with E-state index in [4.69, 9.17) is 56.8 Å². The standard InChI is InChI=1S/C42H66O18/c1-19-27(44)11-13-33(49-19)57-39-21(3)53-38(17-30(39)47)60-42-24(6)52-36(16-29(42)46)56-32-12-14-34(50-20(32)2)58-40-22(4)54-37(18-31(40)48)59-41-23(5)51-35(15-28(41)45)55-26-9-7-25(43)8-10-26/h7-10,19-24,27-48H,11-18H2,1-6H3/t19-,20-,21+,22+,23+,24+,27-,28+,29+,30+,31+,32-,33-,34-,35-,36-,37-,38-,39+,40+,41+,42+/m0/s1. The molecule has 0 saturated carbocycles. The van der Waals surface area contributed by atoms with Crippen LogP contribution >= 0.6 is 0 Å². The highest BCUT2D eigenvalue weighted by atomic mass is 16.8. The lowest BCUT2D eigenvalue weighted by Gasteiger charge is -2.45. The van der Waals surface area contributed by atoms with Crippen LogP contribution in [0.1, 0.15) is 92.9 Å². The van der Waals surface area contributed by atoms with E-state index in [9.17, 15) is 30.6 Å². The molecule has 0 spiro atoms. The summed E-state index contributed by atoms with van der Waals surface area (Å²) in [5, 5.41) is 63.7. The van der Waals surface area contributed by atoms with E-state index in [1.165, 1.54) is 12.1 Å². The molecule has 18 heteroatoms. The van der Waals surface area contributed by atoms with Gasteiger partial charge in [-0.3, -0.25) is 0 Å². The minimum Gasteiger partial charge on any atom is -0.508 e.